The average Bonchev–Trinajstić information content (AvgIpc) is 2.66. The fourth-order valence-electron chi connectivity index (χ4n) is 2.47. The Morgan fingerprint density at radius 2 is 2.05 bits per heavy atom. The Balaban J connectivity index is 2.50. The highest BCUT2D eigenvalue weighted by atomic mass is 35.5. The highest BCUT2D eigenvalue weighted by Gasteiger charge is 2.15. The van der Waals surface area contributed by atoms with Crippen LogP contribution in [0.2, 0.25) is 5.02 Å². The van der Waals surface area contributed by atoms with Crippen molar-refractivity contribution in [3.05, 3.63) is 40.2 Å². The summed E-state index contributed by atoms with van der Waals surface area (Å²) in [5.41, 5.74) is 5.61. The van der Waals surface area contributed by atoms with E-state index in [1.165, 1.54) is 11.3 Å². The van der Waals surface area contributed by atoms with Gasteiger partial charge in [0.05, 0.1) is 5.69 Å². The molecule has 102 valence electrons. The third kappa shape index (κ3) is 2.67. The largest absolute Gasteiger partial charge is 0.316 e. The van der Waals surface area contributed by atoms with Gasteiger partial charge in [0.25, 0.3) is 0 Å². The van der Waals surface area contributed by atoms with Crippen molar-refractivity contribution in [1.29, 1.82) is 0 Å². The van der Waals surface area contributed by atoms with Crippen molar-refractivity contribution in [2.75, 3.05) is 7.05 Å². The minimum atomic E-state index is 0.787. The molecule has 4 heteroatoms. The second-order valence-corrected chi connectivity index (χ2v) is 5.11. The van der Waals surface area contributed by atoms with E-state index in [9.17, 15) is 0 Å². The molecule has 0 radical (unpaired) electrons. The third-order valence-electron chi connectivity index (χ3n) is 3.36. The summed E-state index contributed by atoms with van der Waals surface area (Å²) in [4.78, 5) is 0. The Hall–Kier alpha value is -1.32. The molecule has 1 aromatic heterocycles. The first-order chi connectivity index (χ1) is 9.08. The summed E-state index contributed by atoms with van der Waals surface area (Å²) < 4.78 is 2.02. The lowest BCUT2D eigenvalue weighted by Crippen LogP contribution is -2.04. The zero-order valence-electron chi connectivity index (χ0n) is 11.9. The average molecular weight is 278 g/mol. The lowest BCUT2D eigenvalue weighted by Gasteiger charge is -2.08. The molecular formula is C15H20ClN3. The van der Waals surface area contributed by atoms with Gasteiger partial charge in [0.2, 0.25) is 0 Å². The number of halogens is 1. The van der Waals surface area contributed by atoms with E-state index >= 15 is 0 Å². The van der Waals surface area contributed by atoms with Gasteiger partial charge < -0.3 is 5.32 Å². The van der Waals surface area contributed by atoms with Crippen LogP contribution < -0.4 is 5.32 Å². The van der Waals surface area contributed by atoms with Gasteiger partial charge in [-0.15, -0.1) is 0 Å². The van der Waals surface area contributed by atoms with Crippen molar-refractivity contribution in [1.82, 2.24) is 15.1 Å². The van der Waals surface area contributed by atoms with Crippen molar-refractivity contribution >= 4 is 11.6 Å². The number of hydrogen-bond donors (Lipinski definition) is 1. The van der Waals surface area contributed by atoms with Gasteiger partial charge in [0, 0.05) is 34.9 Å². The SMILES string of the molecule is CCn1nc(C)c(-c2ccc(CNC)cc2Cl)c1C. The van der Waals surface area contributed by atoms with E-state index in [0.717, 1.165) is 34.9 Å². The summed E-state index contributed by atoms with van der Waals surface area (Å²) in [6, 6.07) is 6.22. The quantitative estimate of drug-likeness (QED) is 0.926. The topological polar surface area (TPSA) is 29.9 Å². The molecule has 2 aromatic rings. The molecule has 0 fully saturated rings. The molecule has 0 unspecified atom stereocenters. The predicted octanol–water partition coefficient (Wildman–Crippen LogP) is 3.56. The van der Waals surface area contributed by atoms with Crippen LogP contribution in [-0.4, -0.2) is 16.8 Å². The highest BCUT2D eigenvalue weighted by Crippen LogP contribution is 2.33. The Morgan fingerprint density at radius 1 is 1.32 bits per heavy atom. The van der Waals surface area contributed by atoms with Gasteiger partial charge in [0.1, 0.15) is 0 Å². The predicted molar refractivity (Wildman–Crippen MR) is 80.6 cm³/mol. The second-order valence-electron chi connectivity index (χ2n) is 4.71. The maximum absolute atomic E-state index is 6.43. The zero-order chi connectivity index (χ0) is 14.0. The van der Waals surface area contributed by atoms with Crippen LogP contribution in [0.5, 0.6) is 0 Å². The molecule has 0 spiro atoms. The zero-order valence-corrected chi connectivity index (χ0v) is 12.7. The van der Waals surface area contributed by atoms with E-state index < -0.39 is 0 Å². The maximum atomic E-state index is 6.43. The molecule has 0 aliphatic carbocycles. The van der Waals surface area contributed by atoms with Gasteiger partial charge >= 0.3 is 0 Å². The molecule has 1 N–H and O–H groups in total. The molecule has 19 heavy (non-hydrogen) atoms. The normalized spacial score (nSPS) is 11.0. The standard InChI is InChI=1S/C15H20ClN3/c1-5-19-11(3)15(10(2)18-19)13-7-6-12(9-17-4)8-14(13)16/h6-8,17H,5,9H2,1-4H3. The van der Waals surface area contributed by atoms with Gasteiger partial charge in [-0.25, -0.2) is 0 Å². The summed E-state index contributed by atoms with van der Waals surface area (Å²) in [6.45, 7) is 7.93. The van der Waals surface area contributed by atoms with Crippen LogP contribution in [0.25, 0.3) is 11.1 Å². The van der Waals surface area contributed by atoms with Crippen molar-refractivity contribution in [2.45, 2.75) is 33.9 Å². The lowest BCUT2D eigenvalue weighted by atomic mass is 10.0. The number of aryl methyl sites for hydroxylation is 2. The van der Waals surface area contributed by atoms with E-state index in [2.05, 4.69) is 36.4 Å². The molecule has 0 saturated heterocycles. The van der Waals surface area contributed by atoms with Crippen LogP contribution in [0.1, 0.15) is 23.9 Å². The Labute approximate surface area is 119 Å². The van der Waals surface area contributed by atoms with Gasteiger partial charge in [0.15, 0.2) is 0 Å². The van der Waals surface area contributed by atoms with Crippen LogP contribution >= 0.6 is 11.6 Å². The summed E-state index contributed by atoms with van der Waals surface area (Å²) in [5.74, 6) is 0. The molecule has 0 aliphatic heterocycles. The molecule has 0 amide bonds. The van der Waals surface area contributed by atoms with Gasteiger partial charge in [-0.1, -0.05) is 23.7 Å². The number of nitrogens with zero attached hydrogens (tertiary/aromatic N) is 2. The Morgan fingerprint density at radius 3 is 2.58 bits per heavy atom. The van der Waals surface area contributed by atoms with Gasteiger partial charge in [-0.05, 0) is 39.4 Å². The van der Waals surface area contributed by atoms with E-state index in [4.69, 9.17) is 11.6 Å². The first-order valence-electron chi connectivity index (χ1n) is 6.55. The van der Waals surface area contributed by atoms with Crippen LogP contribution in [0.15, 0.2) is 18.2 Å². The summed E-state index contributed by atoms with van der Waals surface area (Å²) in [7, 11) is 1.93. The summed E-state index contributed by atoms with van der Waals surface area (Å²) in [6.07, 6.45) is 0. The Bertz CT molecular complexity index is 587. The fourth-order valence-corrected chi connectivity index (χ4v) is 2.77. The lowest BCUT2D eigenvalue weighted by molar-refractivity contribution is 0.634. The summed E-state index contributed by atoms with van der Waals surface area (Å²) >= 11 is 6.43. The summed E-state index contributed by atoms with van der Waals surface area (Å²) in [5, 5.41) is 8.47. The van der Waals surface area contributed by atoms with Crippen LogP contribution in [0.4, 0.5) is 0 Å². The highest BCUT2D eigenvalue weighted by molar-refractivity contribution is 6.33. The third-order valence-corrected chi connectivity index (χ3v) is 3.68. The molecule has 0 aliphatic rings. The minimum absolute atomic E-state index is 0.787. The number of aromatic nitrogens is 2. The van der Waals surface area contributed by atoms with Crippen LogP contribution in [0, 0.1) is 13.8 Å². The van der Waals surface area contributed by atoms with Crippen LogP contribution in [-0.2, 0) is 13.1 Å². The number of nitrogens with one attached hydrogen (secondary N) is 1. The maximum Gasteiger partial charge on any atom is 0.0675 e. The molecular weight excluding hydrogens is 258 g/mol. The van der Waals surface area contributed by atoms with E-state index in [0.29, 0.717) is 0 Å². The van der Waals surface area contributed by atoms with E-state index in [-0.39, 0.29) is 0 Å². The van der Waals surface area contributed by atoms with Crippen molar-refractivity contribution in [3.63, 3.8) is 0 Å². The fraction of sp³-hybridized carbons (Fsp3) is 0.400. The first kappa shape index (κ1) is 14.1. The van der Waals surface area contributed by atoms with Crippen molar-refractivity contribution in [3.8, 4) is 11.1 Å². The smallest absolute Gasteiger partial charge is 0.0675 e. The van der Waals surface area contributed by atoms with Gasteiger partial charge in [-0.3, -0.25) is 4.68 Å². The molecule has 3 nitrogen and oxygen atoms in total. The van der Waals surface area contributed by atoms with Gasteiger partial charge in [-0.2, -0.15) is 5.10 Å². The molecule has 2 rings (SSSR count). The van der Waals surface area contributed by atoms with Crippen molar-refractivity contribution in [2.24, 2.45) is 0 Å². The second kappa shape index (κ2) is 5.76. The molecule has 0 saturated carbocycles. The van der Waals surface area contributed by atoms with Crippen molar-refractivity contribution < 1.29 is 0 Å². The Kier molecular flexibility index (Phi) is 4.27. The molecule has 1 aromatic carbocycles. The molecule has 0 bridgehead atoms. The number of hydrogen-bond acceptors (Lipinski definition) is 2. The van der Waals surface area contributed by atoms with E-state index in [1.807, 2.05) is 24.7 Å². The van der Waals surface area contributed by atoms with Crippen LogP contribution in [0.3, 0.4) is 0 Å². The molecule has 0 atom stereocenters. The number of rotatable bonds is 4. The minimum Gasteiger partial charge on any atom is -0.316 e. The molecule has 1 heterocycles. The van der Waals surface area contributed by atoms with E-state index in [1.54, 1.807) is 0 Å². The monoisotopic (exact) mass is 277 g/mol. The first-order valence-corrected chi connectivity index (χ1v) is 6.93. The number of benzene rings is 1.